The number of sulfonamides is 1. The number of carboxylic acid groups (broad SMARTS) is 1. The predicted molar refractivity (Wildman–Crippen MR) is 122 cm³/mol. The first-order chi connectivity index (χ1) is 15.7. The summed E-state index contributed by atoms with van der Waals surface area (Å²) in [7, 11) is -4.14. The maximum Gasteiger partial charge on any atom is 0.325 e. The Kier molecular flexibility index (Phi) is 6.01. The molecule has 0 fully saturated rings. The number of hydrogen-bond acceptors (Lipinski definition) is 5. The Hall–Kier alpha value is -3.19. The summed E-state index contributed by atoms with van der Waals surface area (Å²) in [5.41, 5.74) is 1.97. The lowest BCUT2D eigenvalue weighted by Gasteiger charge is -2.41. The number of H-pyrrole nitrogens is 1. The van der Waals surface area contributed by atoms with Crippen LogP contribution in [0.2, 0.25) is 0 Å². The third kappa shape index (κ3) is 3.80. The van der Waals surface area contributed by atoms with Gasteiger partial charge in [-0.3, -0.25) is 4.79 Å². The van der Waals surface area contributed by atoms with Crippen LogP contribution in [0.3, 0.4) is 0 Å². The number of aliphatic carboxylic acids is 1. The van der Waals surface area contributed by atoms with Gasteiger partial charge in [0.1, 0.15) is 5.60 Å². The van der Waals surface area contributed by atoms with E-state index >= 15 is 0 Å². The zero-order valence-electron chi connectivity index (χ0n) is 18.4. The van der Waals surface area contributed by atoms with E-state index in [0.29, 0.717) is 24.1 Å². The molecular formula is C24H25N3O5S. The van der Waals surface area contributed by atoms with Gasteiger partial charge in [-0.2, -0.15) is 9.98 Å². The molecule has 0 aliphatic carbocycles. The SMILES string of the molecule is CCC[C@]1([C@@H](NS(=O)(=O)c2ccccc2)C(=O)O)OCCc2c1[nH]c1c(C)ccc(C#N)c21. The molecule has 3 aromatic rings. The molecule has 33 heavy (non-hydrogen) atoms. The Bertz CT molecular complexity index is 1360. The highest BCUT2D eigenvalue weighted by molar-refractivity contribution is 7.89. The lowest BCUT2D eigenvalue weighted by Crippen LogP contribution is -2.58. The van der Waals surface area contributed by atoms with E-state index in [1.54, 1.807) is 24.3 Å². The molecule has 172 valence electrons. The van der Waals surface area contributed by atoms with Crippen molar-refractivity contribution in [3.05, 3.63) is 64.8 Å². The van der Waals surface area contributed by atoms with Gasteiger partial charge in [0.05, 0.1) is 34.3 Å². The summed E-state index contributed by atoms with van der Waals surface area (Å²) in [6, 6.07) is 11.9. The van der Waals surface area contributed by atoms with Gasteiger partial charge in [-0.1, -0.05) is 37.6 Å². The Morgan fingerprint density at radius 2 is 2.03 bits per heavy atom. The molecule has 0 radical (unpaired) electrons. The van der Waals surface area contributed by atoms with E-state index in [2.05, 4.69) is 15.8 Å². The summed E-state index contributed by atoms with van der Waals surface area (Å²) in [6.07, 6.45) is 1.30. The number of carbonyl (C=O) groups is 1. The number of benzene rings is 2. The fraction of sp³-hybridized carbons (Fsp3) is 0.333. The Morgan fingerprint density at radius 3 is 2.67 bits per heavy atom. The minimum atomic E-state index is -4.14. The standard InChI is InChI=1S/C24H25N3O5S/c1-3-12-24(22(23(28)29)27-33(30,31)17-7-5-4-6-8-17)21-18(11-13-32-24)19-16(14-25)10-9-15(2)20(19)26-21/h4-10,22,26-27H,3,11-13H2,1-2H3,(H,28,29)/t22-,24-/m0/s1. The lowest BCUT2D eigenvalue weighted by molar-refractivity contribution is -0.155. The van der Waals surface area contributed by atoms with E-state index < -0.39 is 27.6 Å². The third-order valence-electron chi connectivity index (χ3n) is 6.18. The van der Waals surface area contributed by atoms with Crippen molar-refractivity contribution in [2.24, 2.45) is 0 Å². The molecule has 0 spiro atoms. The number of hydrogen-bond donors (Lipinski definition) is 3. The number of nitrogens with one attached hydrogen (secondary N) is 2. The summed E-state index contributed by atoms with van der Waals surface area (Å²) in [5.74, 6) is -1.34. The van der Waals surface area contributed by atoms with Crippen LogP contribution in [-0.2, 0) is 31.6 Å². The van der Waals surface area contributed by atoms with Crippen LogP contribution < -0.4 is 4.72 Å². The van der Waals surface area contributed by atoms with Gasteiger partial charge in [0.25, 0.3) is 0 Å². The molecule has 0 saturated carbocycles. The fourth-order valence-corrected chi connectivity index (χ4v) is 5.98. The molecule has 0 saturated heterocycles. The number of aromatic amines is 1. The van der Waals surface area contributed by atoms with Gasteiger partial charge in [-0.25, -0.2) is 8.42 Å². The number of carboxylic acids is 1. The number of rotatable bonds is 7. The second-order valence-electron chi connectivity index (χ2n) is 8.21. The fourth-order valence-electron chi connectivity index (χ4n) is 4.73. The van der Waals surface area contributed by atoms with E-state index in [0.717, 1.165) is 22.0 Å². The first-order valence-corrected chi connectivity index (χ1v) is 12.2. The second kappa shape index (κ2) is 8.63. The van der Waals surface area contributed by atoms with Crippen molar-refractivity contribution in [3.8, 4) is 6.07 Å². The summed E-state index contributed by atoms with van der Waals surface area (Å²) in [6.45, 7) is 3.99. The molecule has 1 aliphatic heterocycles. The van der Waals surface area contributed by atoms with Crippen molar-refractivity contribution < 1.29 is 23.1 Å². The zero-order chi connectivity index (χ0) is 23.8. The average Bonchev–Trinajstić information content (AvgIpc) is 3.21. The van der Waals surface area contributed by atoms with Gasteiger partial charge in [-0.15, -0.1) is 0 Å². The van der Waals surface area contributed by atoms with Crippen molar-refractivity contribution in [2.45, 2.75) is 49.6 Å². The normalized spacial score (nSPS) is 19.1. The van der Waals surface area contributed by atoms with E-state index in [9.17, 15) is 23.6 Å². The molecule has 4 rings (SSSR count). The molecule has 1 aromatic heterocycles. The highest BCUT2D eigenvalue weighted by Crippen LogP contribution is 2.44. The number of fused-ring (bicyclic) bond motifs is 3. The molecule has 1 aliphatic rings. The maximum atomic E-state index is 13.1. The first kappa shape index (κ1) is 23.0. The highest BCUT2D eigenvalue weighted by Gasteiger charge is 2.51. The lowest BCUT2D eigenvalue weighted by atomic mass is 9.81. The van der Waals surface area contributed by atoms with Crippen LogP contribution >= 0.6 is 0 Å². The Morgan fingerprint density at radius 1 is 1.30 bits per heavy atom. The van der Waals surface area contributed by atoms with Crippen molar-refractivity contribution in [1.29, 1.82) is 5.26 Å². The molecule has 2 heterocycles. The quantitative estimate of drug-likeness (QED) is 0.488. The number of aryl methyl sites for hydroxylation is 1. The molecule has 2 aromatic carbocycles. The van der Waals surface area contributed by atoms with E-state index in [1.165, 1.54) is 12.1 Å². The Balaban J connectivity index is 1.93. The first-order valence-electron chi connectivity index (χ1n) is 10.7. The van der Waals surface area contributed by atoms with Crippen LogP contribution in [0.15, 0.2) is 47.4 Å². The largest absolute Gasteiger partial charge is 0.480 e. The smallest absolute Gasteiger partial charge is 0.325 e. The molecular weight excluding hydrogens is 442 g/mol. The molecule has 8 nitrogen and oxygen atoms in total. The predicted octanol–water partition coefficient (Wildman–Crippen LogP) is 3.35. The second-order valence-corrected chi connectivity index (χ2v) is 9.93. The summed E-state index contributed by atoms with van der Waals surface area (Å²) in [4.78, 5) is 15.8. The molecule has 3 N–H and O–H groups in total. The van der Waals surface area contributed by atoms with Crippen LogP contribution in [0.1, 0.15) is 42.1 Å². The zero-order valence-corrected chi connectivity index (χ0v) is 19.2. The van der Waals surface area contributed by atoms with Crippen molar-refractivity contribution in [2.75, 3.05) is 6.61 Å². The number of aromatic nitrogens is 1. The van der Waals surface area contributed by atoms with Crippen LogP contribution in [0.25, 0.3) is 10.9 Å². The number of nitrogens with zero attached hydrogens (tertiary/aromatic N) is 1. The topological polar surface area (TPSA) is 132 Å². The van der Waals surface area contributed by atoms with Crippen LogP contribution in [0.4, 0.5) is 0 Å². The highest BCUT2D eigenvalue weighted by atomic mass is 32.2. The van der Waals surface area contributed by atoms with Crippen molar-refractivity contribution >= 4 is 26.9 Å². The molecule has 9 heteroatoms. The molecule has 0 bridgehead atoms. The van der Waals surface area contributed by atoms with Gasteiger partial charge in [0.2, 0.25) is 10.0 Å². The van der Waals surface area contributed by atoms with E-state index in [-0.39, 0.29) is 17.9 Å². The number of ether oxygens (including phenoxy) is 1. The van der Waals surface area contributed by atoms with Gasteiger partial charge in [0, 0.05) is 5.39 Å². The average molecular weight is 468 g/mol. The van der Waals surface area contributed by atoms with Gasteiger partial charge in [-0.05, 0) is 49.1 Å². The summed E-state index contributed by atoms with van der Waals surface area (Å²) in [5, 5.41) is 20.6. The van der Waals surface area contributed by atoms with E-state index in [4.69, 9.17) is 4.74 Å². The summed E-state index contributed by atoms with van der Waals surface area (Å²) >= 11 is 0. The van der Waals surface area contributed by atoms with Crippen LogP contribution in [-0.4, -0.2) is 37.1 Å². The monoisotopic (exact) mass is 467 g/mol. The van der Waals surface area contributed by atoms with Gasteiger partial charge < -0.3 is 14.8 Å². The molecule has 2 atom stereocenters. The summed E-state index contributed by atoms with van der Waals surface area (Å²) < 4.78 is 34.7. The van der Waals surface area contributed by atoms with E-state index in [1.807, 2.05) is 19.9 Å². The molecule has 0 unspecified atom stereocenters. The Labute approximate surface area is 192 Å². The van der Waals surface area contributed by atoms with Gasteiger partial charge in [0.15, 0.2) is 6.04 Å². The molecule has 0 amide bonds. The van der Waals surface area contributed by atoms with Crippen molar-refractivity contribution in [1.82, 2.24) is 9.71 Å². The minimum absolute atomic E-state index is 0.0295. The third-order valence-corrected chi connectivity index (χ3v) is 7.62. The minimum Gasteiger partial charge on any atom is -0.480 e. The van der Waals surface area contributed by atoms with Crippen molar-refractivity contribution in [3.63, 3.8) is 0 Å². The van der Waals surface area contributed by atoms with Gasteiger partial charge >= 0.3 is 5.97 Å². The maximum absolute atomic E-state index is 13.1. The van der Waals surface area contributed by atoms with Crippen LogP contribution in [0, 0.1) is 18.3 Å². The van der Waals surface area contributed by atoms with Crippen LogP contribution in [0.5, 0.6) is 0 Å². The number of nitriles is 1.